The van der Waals surface area contributed by atoms with Gasteiger partial charge in [-0.25, -0.2) is 8.70 Å². The van der Waals surface area contributed by atoms with E-state index in [4.69, 9.17) is 23.2 Å². The van der Waals surface area contributed by atoms with Crippen LogP contribution in [-0.2, 0) is 26.3 Å². The Kier molecular flexibility index (Phi) is 11.2. The van der Waals surface area contributed by atoms with Gasteiger partial charge in [-0.15, -0.1) is 0 Å². The number of carbonyl (C=O) groups is 2. The minimum Gasteiger partial charge on any atom is -0.354 e. The van der Waals surface area contributed by atoms with Crippen molar-refractivity contribution < 1.29 is 22.4 Å². The van der Waals surface area contributed by atoms with Crippen LogP contribution in [0.4, 0.5) is 10.1 Å². The Hall–Kier alpha value is -2.40. The SMILES string of the molecule is CCC(C(=O)NCC(C)C)N(Cc1ccc(Cl)c(Cl)c1)C(=O)CN(c1ccc(F)cc1)S(=O)(=O)N(C)C. The Balaban J connectivity index is 2.50. The highest BCUT2D eigenvalue weighted by Crippen LogP contribution is 2.25. The Bertz CT molecular complexity index is 1190. The van der Waals surface area contributed by atoms with Crippen molar-refractivity contribution >= 4 is 50.9 Å². The number of amides is 2. The van der Waals surface area contributed by atoms with Gasteiger partial charge in [-0.05, 0) is 54.3 Å². The lowest BCUT2D eigenvalue weighted by atomic mass is 10.1. The van der Waals surface area contributed by atoms with Gasteiger partial charge in [0.05, 0.1) is 15.7 Å². The molecule has 0 fully saturated rings. The van der Waals surface area contributed by atoms with Gasteiger partial charge in [0.15, 0.2) is 0 Å². The standard InChI is InChI=1S/C25H33Cl2FN4O4S/c1-6-23(25(34)29-14-17(2)3)31(15-18-7-12-21(26)22(27)13-18)24(33)16-32(37(35,36)30(4)5)20-10-8-19(28)9-11-20/h7-13,17,23H,6,14-16H2,1-5H3,(H,29,34). The lowest BCUT2D eigenvalue weighted by molar-refractivity contribution is -0.140. The van der Waals surface area contributed by atoms with Crippen LogP contribution in [-0.4, -0.2) is 62.7 Å². The molecule has 0 spiro atoms. The number of nitrogens with zero attached hydrogens (tertiary/aromatic N) is 3. The number of hydrogen-bond donors (Lipinski definition) is 1. The molecule has 12 heteroatoms. The van der Waals surface area contributed by atoms with Crippen molar-refractivity contribution in [3.8, 4) is 0 Å². The quantitative estimate of drug-likeness (QED) is 0.408. The molecule has 0 aromatic heterocycles. The fraction of sp³-hybridized carbons (Fsp3) is 0.440. The molecule has 1 unspecified atom stereocenters. The number of benzene rings is 2. The minimum atomic E-state index is -4.14. The van der Waals surface area contributed by atoms with Crippen LogP contribution in [0.3, 0.4) is 0 Å². The van der Waals surface area contributed by atoms with Crippen molar-refractivity contribution in [1.82, 2.24) is 14.5 Å². The Morgan fingerprint density at radius 2 is 1.65 bits per heavy atom. The van der Waals surface area contributed by atoms with Crippen molar-refractivity contribution in [2.24, 2.45) is 5.92 Å². The van der Waals surface area contributed by atoms with Crippen molar-refractivity contribution in [2.75, 3.05) is 31.5 Å². The summed E-state index contributed by atoms with van der Waals surface area (Å²) in [6.45, 7) is 5.47. The number of rotatable bonds is 12. The van der Waals surface area contributed by atoms with Gasteiger partial charge < -0.3 is 10.2 Å². The molecule has 8 nitrogen and oxygen atoms in total. The van der Waals surface area contributed by atoms with Crippen molar-refractivity contribution in [1.29, 1.82) is 0 Å². The number of nitrogens with one attached hydrogen (secondary N) is 1. The predicted octanol–water partition coefficient (Wildman–Crippen LogP) is 4.32. The second kappa shape index (κ2) is 13.4. The summed E-state index contributed by atoms with van der Waals surface area (Å²) in [7, 11) is -1.47. The number of halogens is 3. The molecule has 0 heterocycles. The van der Waals surface area contributed by atoms with E-state index in [0.717, 1.165) is 20.7 Å². The minimum absolute atomic E-state index is 0.0113. The fourth-order valence-corrected chi connectivity index (χ4v) is 4.88. The molecule has 2 aromatic carbocycles. The van der Waals surface area contributed by atoms with E-state index in [1.165, 1.54) is 31.1 Å². The van der Waals surface area contributed by atoms with Crippen LogP contribution in [0.5, 0.6) is 0 Å². The fourth-order valence-electron chi connectivity index (χ4n) is 3.50. The Morgan fingerprint density at radius 3 is 2.16 bits per heavy atom. The second-order valence-corrected chi connectivity index (χ2v) is 12.0. The van der Waals surface area contributed by atoms with E-state index < -0.39 is 34.5 Å². The lowest BCUT2D eigenvalue weighted by Gasteiger charge is -2.34. The summed E-state index contributed by atoms with van der Waals surface area (Å²) in [5.41, 5.74) is 0.719. The van der Waals surface area contributed by atoms with Crippen molar-refractivity contribution in [3.05, 3.63) is 63.9 Å². The van der Waals surface area contributed by atoms with Gasteiger partial charge in [0, 0.05) is 27.2 Å². The molecule has 0 aliphatic heterocycles. The molecule has 0 aliphatic carbocycles. The average molecular weight is 576 g/mol. The first-order chi connectivity index (χ1) is 17.3. The smallest absolute Gasteiger partial charge is 0.304 e. The van der Waals surface area contributed by atoms with Crippen LogP contribution in [0.25, 0.3) is 0 Å². The predicted molar refractivity (Wildman–Crippen MR) is 145 cm³/mol. The molecule has 1 atom stereocenters. The highest BCUT2D eigenvalue weighted by molar-refractivity contribution is 7.90. The monoisotopic (exact) mass is 574 g/mol. The summed E-state index contributed by atoms with van der Waals surface area (Å²) in [6, 6.07) is 8.76. The van der Waals surface area contributed by atoms with E-state index in [1.54, 1.807) is 25.1 Å². The molecule has 2 amide bonds. The maximum atomic E-state index is 13.8. The third-order valence-corrected chi connectivity index (χ3v) is 8.10. The zero-order valence-corrected chi connectivity index (χ0v) is 23.9. The van der Waals surface area contributed by atoms with E-state index in [1.807, 2.05) is 13.8 Å². The summed E-state index contributed by atoms with van der Waals surface area (Å²) in [4.78, 5) is 28.2. The zero-order valence-electron chi connectivity index (χ0n) is 21.5. The summed E-state index contributed by atoms with van der Waals surface area (Å²) in [6.07, 6.45) is 0.286. The first kappa shape index (κ1) is 30.8. The summed E-state index contributed by atoms with van der Waals surface area (Å²) < 4.78 is 41.7. The number of carbonyl (C=O) groups excluding carboxylic acids is 2. The van der Waals surface area contributed by atoms with E-state index in [0.29, 0.717) is 17.1 Å². The summed E-state index contributed by atoms with van der Waals surface area (Å²) >= 11 is 12.2. The number of hydrogen-bond acceptors (Lipinski definition) is 4. The highest BCUT2D eigenvalue weighted by atomic mass is 35.5. The van der Waals surface area contributed by atoms with Crippen LogP contribution in [0.1, 0.15) is 32.8 Å². The number of anilines is 1. The van der Waals surface area contributed by atoms with E-state index >= 15 is 0 Å². The van der Waals surface area contributed by atoms with Gasteiger partial charge in [-0.2, -0.15) is 12.7 Å². The molecule has 0 aliphatic rings. The lowest BCUT2D eigenvalue weighted by Crippen LogP contribution is -2.53. The van der Waals surface area contributed by atoms with Crippen LogP contribution in [0.2, 0.25) is 10.0 Å². The molecule has 0 saturated carbocycles. The van der Waals surface area contributed by atoms with Crippen molar-refractivity contribution in [3.63, 3.8) is 0 Å². The molecule has 1 N–H and O–H groups in total. The summed E-state index contributed by atoms with van der Waals surface area (Å²) in [5, 5.41) is 3.47. The van der Waals surface area contributed by atoms with Crippen LogP contribution >= 0.6 is 23.2 Å². The van der Waals surface area contributed by atoms with Gasteiger partial charge in [0.25, 0.3) is 0 Å². The molecule has 2 rings (SSSR count). The molecule has 204 valence electrons. The van der Waals surface area contributed by atoms with Gasteiger partial charge >= 0.3 is 10.2 Å². The molecular formula is C25H33Cl2FN4O4S. The molecule has 0 radical (unpaired) electrons. The van der Waals surface area contributed by atoms with Gasteiger partial charge in [-0.1, -0.05) is 50.0 Å². The second-order valence-electron chi connectivity index (χ2n) is 9.11. The normalized spacial score (nSPS) is 12.5. The maximum Gasteiger partial charge on any atom is 0.304 e. The Labute approximate surface area is 228 Å². The van der Waals surface area contributed by atoms with Gasteiger partial charge in [0.2, 0.25) is 11.8 Å². The topological polar surface area (TPSA) is 90.0 Å². The molecule has 2 aromatic rings. The highest BCUT2D eigenvalue weighted by Gasteiger charge is 2.33. The van der Waals surface area contributed by atoms with E-state index in [2.05, 4.69) is 5.32 Å². The van der Waals surface area contributed by atoms with Gasteiger partial charge in [-0.3, -0.25) is 9.59 Å². The first-order valence-electron chi connectivity index (χ1n) is 11.7. The maximum absolute atomic E-state index is 13.8. The van der Waals surface area contributed by atoms with Crippen molar-refractivity contribution in [2.45, 2.75) is 39.8 Å². The third-order valence-electron chi connectivity index (χ3n) is 5.54. The largest absolute Gasteiger partial charge is 0.354 e. The van der Waals surface area contributed by atoms with Crippen LogP contribution in [0.15, 0.2) is 42.5 Å². The summed E-state index contributed by atoms with van der Waals surface area (Å²) in [5.74, 6) is -1.33. The molecule has 37 heavy (non-hydrogen) atoms. The Morgan fingerprint density at radius 1 is 1.03 bits per heavy atom. The average Bonchev–Trinajstić information content (AvgIpc) is 2.83. The van der Waals surface area contributed by atoms with Crippen LogP contribution < -0.4 is 9.62 Å². The van der Waals surface area contributed by atoms with Crippen LogP contribution in [0, 0.1) is 11.7 Å². The molecule has 0 saturated heterocycles. The zero-order chi connectivity index (χ0) is 27.9. The van der Waals surface area contributed by atoms with E-state index in [9.17, 15) is 22.4 Å². The molecule has 0 bridgehead atoms. The third kappa shape index (κ3) is 8.29. The van der Waals surface area contributed by atoms with E-state index in [-0.39, 0.29) is 35.5 Å². The first-order valence-corrected chi connectivity index (χ1v) is 13.9. The van der Waals surface area contributed by atoms with Gasteiger partial charge in [0.1, 0.15) is 18.4 Å². The molecular weight excluding hydrogens is 542 g/mol.